The molecule has 4 atom stereocenters. The van der Waals surface area contributed by atoms with Crippen molar-refractivity contribution in [3.8, 4) is 5.75 Å². The van der Waals surface area contributed by atoms with Crippen molar-refractivity contribution in [2.75, 3.05) is 38.2 Å². The lowest BCUT2D eigenvalue weighted by molar-refractivity contribution is -0.0138. The standard InChI is InChI=1S/C23H24ClFN4O5S/c1-31-18-9-32-22-19(10-33-21(18)22)34-17-6-12(25)4-5-15(17)28-23-20-14(24)7-13(29-35(2,3)30)8-16(20)26-11-27-23/h4-8,11,18-19,21-22H,9-10H2,1-3H3,(H,26,27,28)/t18-,19-,21-,22?/m1/s1. The number of benzene rings is 2. The lowest BCUT2D eigenvalue weighted by Gasteiger charge is -2.21. The number of hydrogen-bond donors (Lipinski definition) is 1. The molecular weight excluding hydrogens is 499 g/mol. The summed E-state index contributed by atoms with van der Waals surface area (Å²) in [6.07, 6.45) is 3.29. The molecule has 1 aromatic heterocycles. The normalized spacial score (nSPS) is 23.9. The summed E-state index contributed by atoms with van der Waals surface area (Å²) < 4.78 is 53.7. The molecule has 3 heterocycles. The summed E-state index contributed by atoms with van der Waals surface area (Å²) in [5.74, 6) is 0.214. The first kappa shape index (κ1) is 24.1. The van der Waals surface area contributed by atoms with E-state index < -0.39 is 21.7 Å². The van der Waals surface area contributed by atoms with Crippen LogP contribution in [-0.4, -0.2) is 71.4 Å². The summed E-state index contributed by atoms with van der Waals surface area (Å²) >= 11 is 6.54. The smallest absolute Gasteiger partial charge is 0.151 e. The predicted octanol–water partition coefficient (Wildman–Crippen LogP) is 4.09. The average Bonchev–Trinajstić information content (AvgIpc) is 3.37. The maximum Gasteiger partial charge on any atom is 0.151 e. The number of hydrogen-bond acceptors (Lipinski definition) is 9. The van der Waals surface area contributed by atoms with E-state index in [0.29, 0.717) is 39.7 Å². The molecule has 1 unspecified atom stereocenters. The van der Waals surface area contributed by atoms with Gasteiger partial charge >= 0.3 is 0 Å². The highest BCUT2D eigenvalue weighted by molar-refractivity contribution is 7.92. The fraction of sp³-hybridized carbons (Fsp3) is 0.391. The minimum absolute atomic E-state index is 0.168. The van der Waals surface area contributed by atoms with Crippen molar-refractivity contribution in [1.29, 1.82) is 0 Å². The van der Waals surface area contributed by atoms with Gasteiger partial charge in [0.1, 0.15) is 42.0 Å². The Hall–Kier alpha value is -2.57. The number of ether oxygens (including phenoxy) is 4. The summed E-state index contributed by atoms with van der Waals surface area (Å²) in [7, 11) is -0.767. The molecule has 0 saturated carbocycles. The molecule has 2 aliphatic rings. The molecule has 0 bridgehead atoms. The largest absolute Gasteiger partial charge is 0.483 e. The van der Waals surface area contributed by atoms with E-state index in [2.05, 4.69) is 19.6 Å². The zero-order chi connectivity index (χ0) is 24.7. The first-order chi connectivity index (χ1) is 16.7. The van der Waals surface area contributed by atoms with Crippen molar-refractivity contribution in [1.82, 2.24) is 9.97 Å². The molecule has 0 spiro atoms. The number of methoxy groups -OCH3 is 1. The Balaban J connectivity index is 1.46. The van der Waals surface area contributed by atoms with E-state index in [1.54, 1.807) is 25.3 Å². The van der Waals surface area contributed by atoms with Crippen molar-refractivity contribution in [2.45, 2.75) is 24.4 Å². The Morgan fingerprint density at radius 1 is 1.14 bits per heavy atom. The lowest BCUT2D eigenvalue weighted by Crippen LogP contribution is -2.35. The van der Waals surface area contributed by atoms with Gasteiger partial charge in [-0.2, -0.15) is 4.36 Å². The Labute approximate surface area is 207 Å². The minimum atomic E-state index is -2.38. The zero-order valence-electron chi connectivity index (χ0n) is 19.2. The van der Waals surface area contributed by atoms with Crippen molar-refractivity contribution in [3.63, 3.8) is 0 Å². The summed E-state index contributed by atoms with van der Waals surface area (Å²) in [4.78, 5) is 8.61. The third-order valence-electron chi connectivity index (χ3n) is 5.74. The number of nitrogens with one attached hydrogen (secondary N) is 1. The monoisotopic (exact) mass is 522 g/mol. The fourth-order valence-corrected chi connectivity index (χ4v) is 5.16. The van der Waals surface area contributed by atoms with Gasteiger partial charge in [0.15, 0.2) is 6.10 Å². The van der Waals surface area contributed by atoms with Gasteiger partial charge in [0.05, 0.1) is 40.5 Å². The van der Waals surface area contributed by atoms with Crippen LogP contribution in [0.3, 0.4) is 0 Å². The van der Waals surface area contributed by atoms with Gasteiger partial charge in [0.25, 0.3) is 0 Å². The van der Waals surface area contributed by atoms with Gasteiger partial charge in [-0.05, 0) is 24.3 Å². The third-order valence-corrected chi connectivity index (χ3v) is 6.69. The highest BCUT2D eigenvalue weighted by Crippen LogP contribution is 2.38. The second-order valence-electron chi connectivity index (χ2n) is 8.61. The van der Waals surface area contributed by atoms with Gasteiger partial charge in [-0.15, -0.1) is 0 Å². The lowest BCUT2D eigenvalue weighted by atomic mass is 10.1. The number of halogens is 2. The second-order valence-corrected chi connectivity index (χ2v) is 11.6. The fourth-order valence-electron chi connectivity index (χ4n) is 4.25. The predicted molar refractivity (Wildman–Crippen MR) is 131 cm³/mol. The van der Waals surface area contributed by atoms with Crippen LogP contribution < -0.4 is 10.1 Å². The van der Waals surface area contributed by atoms with Crippen LogP contribution in [0.25, 0.3) is 10.9 Å². The molecule has 3 aromatic rings. The number of fused-ring (bicyclic) bond motifs is 2. The molecule has 0 radical (unpaired) electrons. The Kier molecular flexibility index (Phi) is 6.53. The van der Waals surface area contributed by atoms with E-state index in [0.717, 1.165) is 0 Å². The molecule has 2 saturated heterocycles. The van der Waals surface area contributed by atoms with Gasteiger partial charge < -0.3 is 24.3 Å². The summed E-state index contributed by atoms with van der Waals surface area (Å²) in [5.41, 5.74) is 1.44. The molecule has 2 fully saturated rings. The first-order valence-electron chi connectivity index (χ1n) is 10.8. The summed E-state index contributed by atoms with van der Waals surface area (Å²) in [5, 5.41) is 4.05. The van der Waals surface area contributed by atoms with Gasteiger partial charge in [-0.3, -0.25) is 0 Å². The molecule has 5 rings (SSSR count). The first-order valence-corrected chi connectivity index (χ1v) is 13.5. The van der Waals surface area contributed by atoms with Crippen LogP contribution >= 0.6 is 11.6 Å². The molecule has 0 aliphatic carbocycles. The molecule has 1 N–H and O–H groups in total. The van der Waals surface area contributed by atoms with Crippen molar-refractivity contribution in [3.05, 3.63) is 47.5 Å². The second kappa shape index (κ2) is 9.47. The van der Waals surface area contributed by atoms with Crippen molar-refractivity contribution >= 4 is 49.4 Å². The average molecular weight is 523 g/mol. The van der Waals surface area contributed by atoms with E-state index in [1.165, 1.54) is 31.0 Å². The number of anilines is 2. The quantitative estimate of drug-likeness (QED) is 0.516. The Bertz CT molecular complexity index is 1390. The highest BCUT2D eigenvalue weighted by atomic mass is 35.5. The van der Waals surface area contributed by atoms with E-state index >= 15 is 0 Å². The molecule has 9 nitrogen and oxygen atoms in total. The van der Waals surface area contributed by atoms with E-state index in [4.69, 9.17) is 30.5 Å². The van der Waals surface area contributed by atoms with Crippen LogP contribution in [0.4, 0.5) is 21.6 Å². The molecule has 2 aliphatic heterocycles. The van der Waals surface area contributed by atoms with Crippen LogP contribution in [0.2, 0.25) is 5.02 Å². The third kappa shape index (κ3) is 5.05. The van der Waals surface area contributed by atoms with Crippen LogP contribution in [0.1, 0.15) is 0 Å². The van der Waals surface area contributed by atoms with Gasteiger partial charge in [-0.1, -0.05) is 11.6 Å². The summed E-state index contributed by atoms with van der Waals surface area (Å²) in [6.45, 7) is 0.697. The van der Waals surface area contributed by atoms with Crippen molar-refractivity contribution < 1.29 is 27.5 Å². The molecule has 186 valence electrons. The Morgan fingerprint density at radius 2 is 1.89 bits per heavy atom. The maximum absolute atomic E-state index is 14.2. The van der Waals surface area contributed by atoms with Crippen LogP contribution in [0.15, 0.2) is 41.0 Å². The topological polar surface area (TPSA) is 104 Å². The SMILES string of the molecule is CO[C@@H]1COC2[C@H](Oc3cc(F)ccc3Nc3ncnc4cc(N=S(C)(C)=O)cc(Cl)c34)CO[C@@H]21. The molecule has 12 heteroatoms. The van der Waals surface area contributed by atoms with Crippen molar-refractivity contribution in [2.24, 2.45) is 4.36 Å². The number of aromatic nitrogens is 2. The van der Waals surface area contributed by atoms with Gasteiger partial charge in [0, 0.05) is 35.4 Å². The Morgan fingerprint density at radius 3 is 2.63 bits per heavy atom. The van der Waals surface area contributed by atoms with Crippen LogP contribution in [0.5, 0.6) is 5.75 Å². The molecule has 0 amide bonds. The van der Waals surface area contributed by atoms with E-state index in [1.807, 2.05) is 0 Å². The van der Waals surface area contributed by atoms with Crippen LogP contribution in [0, 0.1) is 5.82 Å². The van der Waals surface area contributed by atoms with Gasteiger partial charge in [0.2, 0.25) is 0 Å². The van der Waals surface area contributed by atoms with E-state index in [9.17, 15) is 8.60 Å². The molecule has 35 heavy (non-hydrogen) atoms. The van der Waals surface area contributed by atoms with Gasteiger partial charge in [-0.25, -0.2) is 18.6 Å². The molecule has 2 aromatic carbocycles. The van der Waals surface area contributed by atoms with E-state index in [-0.39, 0.29) is 30.7 Å². The number of rotatable bonds is 6. The molecular formula is C23H24ClFN4O5S. The number of nitrogens with zero attached hydrogens (tertiary/aromatic N) is 3. The van der Waals surface area contributed by atoms with Crippen LogP contribution in [-0.2, 0) is 23.9 Å². The highest BCUT2D eigenvalue weighted by Gasteiger charge is 2.49. The minimum Gasteiger partial charge on any atom is -0.483 e. The maximum atomic E-state index is 14.2. The summed E-state index contributed by atoms with van der Waals surface area (Å²) in [6, 6.07) is 7.45. The zero-order valence-corrected chi connectivity index (χ0v) is 20.8.